The van der Waals surface area contributed by atoms with Crippen LogP contribution in [0, 0.1) is 5.82 Å². The van der Waals surface area contributed by atoms with Crippen LogP contribution in [0.3, 0.4) is 0 Å². The van der Waals surface area contributed by atoms with Crippen molar-refractivity contribution >= 4 is 67.3 Å². The number of Topliss-reactive ketones (excluding diaryl/α,β-unsaturated/α-hetero) is 1. The highest BCUT2D eigenvalue weighted by molar-refractivity contribution is 7.97. The van der Waals surface area contributed by atoms with E-state index in [-0.39, 0.29) is 10.0 Å². The fourth-order valence-corrected chi connectivity index (χ4v) is 5.58. The number of hydrogen-bond donors (Lipinski definition) is 1. The first-order valence-electron chi connectivity index (χ1n) is 6.59. The molecule has 1 aromatic carbocycles. The van der Waals surface area contributed by atoms with Gasteiger partial charge in [-0.3, -0.25) is 9.10 Å². The Bertz CT molecular complexity index is 958. The van der Waals surface area contributed by atoms with Crippen LogP contribution in [-0.4, -0.2) is 31.5 Å². The fraction of sp³-hybridized carbons (Fsp3) is 0.143. The first-order valence-corrected chi connectivity index (χ1v) is 9.75. The summed E-state index contributed by atoms with van der Waals surface area (Å²) in [7, 11) is -2.62. The van der Waals surface area contributed by atoms with Crippen LogP contribution in [-0.2, 0) is 10.0 Å². The van der Waals surface area contributed by atoms with Gasteiger partial charge in [-0.15, -0.1) is 11.3 Å². The van der Waals surface area contributed by atoms with E-state index in [1.165, 1.54) is 19.2 Å². The minimum atomic E-state index is -3.99. The Hall–Kier alpha value is -1.55. The molecule has 0 saturated heterocycles. The number of carbonyl (C=O) groups is 1. The average molecular weight is 405 g/mol. The van der Waals surface area contributed by atoms with E-state index < -0.39 is 26.9 Å². The van der Waals surface area contributed by atoms with Crippen molar-refractivity contribution in [1.29, 1.82) is 0 Å². The number of sulfonamides is 1. The number of nitrogens with zero attached hydrogens (tertiary/aromatic N) is 1. The highest BCUT2D eigenvalue weighted by atomic mass is 35.5. The summed E-state index contributed by atoms with van der Waals surface area (Å²) in [6.45, 7) is 0. The van der Waals surface area contributed by atoms with Gasteiger partial charge in [-0.2, -0.15) is 0 Å². The minimum absolute atomic E-state index is 0.140. The first kappa shape index (κ1) is 17.3. The normalized spacial score (nSPS) is 19.0. The summed E-state index contributed by atoms with van der Waals surface area (Å²) in [6.07, 6.45) is 0. The number of hydrogen-bond acceptors (Lipinski definition) is 5. The van der Waals surface area contributed by atoms with Crippen molar-refractivity contribution in [2.45, 2.75) is 5.25 Å². The molecule has 0 amide bonds. The van der Waals surface area contributed by atoms with Crippen LogP contribution >= 0.6 is 35.2 Å². The summed E-state index contributed by atoms with van der Waals surface area (Å²) >= 11 is 12.0. The smallest absolute Gasteiger partial charge is 0.252 e. The van der Waals surface area contributed by atoms with Gasteiger partial charge in [-0.1, -0.05) is 23.8 Å². The van der Waals surface area contributed by atoms with Crippen LogP contribution in [0.25, 0.3) is 0 Å². The molecule has 0 fully saturated rings. The van der Waals surface area contributed by atoms with E-state index in [1.807, 2.05) is 0 Å². The average Bonchev–Trinajstić information content (AvgIpc) is 2.98. The zero-order valence-electron chi connectivity index (χ0n) is 12.1. The molecule has 5 nitrogen and oxygen atoms in total. The number of fused-ring (bicyclic) bond motifs is 1. The van der Waals surface area contributed by atoms with E-state index in [0.717, 1.165) is 21.7 Å². The quantitative estimate of drug-likeness (QED) is 0.778. The Balaban J connectivity index is 1.97. The number of rotatable bonds is 2. The number of carbonyl (C=O) groups excluding carboxylic acids is 1. The predicted molar refractivity (Wildman–Crippen MR) is 97.4 cm³/mol. The molecule has 10 heteroatoms. The summed E-state index contributed by atoms with van der Waals surface area (Å²) in [6, 6.07) is 5.31. The van der Waals surface area contributed by atoms with Crippen LogP contribution in [0.15, 0.2) is 29.6 Å². The molecule has 0 aliphatic carbocycles. The number of anilines is 2. The SMILES string of the molecule is CN1c2ccsc2C(=O)C(C(=S)Nc2ccc(F)c(Cl)c2)S1(=O)=O. The second kappa shape index (κ2) is 6.07. The van der Waals surface area contributed by atoms with E-state index in [1.54, 1.807) is 11.4 Å². The number of thiophene rings is 1. The highest BCUT2D eigenvalue weighted by Gasteiger charge is 2.46. The Labute approximate surface area is 152 Å². The Kier molecular flexibility index (Phi) is 4.37. The van der Waals surface area contributed by atoms with Crippen molar-refractivity contribution in [2.75, 3.05) is 16.7 Å². The number of benzene rings is 1. The summed E-state index contributed by atoms with van der Waals surface area (Å²) in [5, 5.41) is 2.64. The highest BCUT2D eigenvalue weighted by Crippen LogP contribution is 2.36. The van der Waals surface area contributed by atoms with Crippen molar-refractivity contribution in [2.24, 2.45) is 0 Å². The molecule has 1 N–H and O–H groups in total. The van der Waals surface area contributed by atoms with Crippen molar-refractivity contribution < 1.29 is 17.6 Å². The van der Waals surface area contributed by atoms with E-state index in [0.29, 0.717) is 16.3 Å². The topological polar surface area (TPSA) is 66.5 Å². The number of nitrogens with one attached hydrogen (secondary N) is 1. The van der Waals surface area contributed by atoms with Crippen LogP contribution in [0.2, 0.25) is 5.02 Å². The lowest BCUT2D eigenvalue weighted by molar-refractivity contribution is 0.101. The summed E-state index contributed by atoms with van der Waals surface area (Å²) in [5.74, 6) is -1.19. The van der Waals surface area contributed by atoms with Crippen molar-refractivity contribution in [1.82, 2.24) is 0 Å². The molecule has 3 rings (SSSR count). The van der Waals surface area contributed by atoms with E-state index in [9.17, 15) is 17.6 Å². The number of ketones is 1. The second-order valence-corrected chi connectivity index (χ2v) is 8.82. The van der Waals surface area contributed by atoms with Crippen molar-refractivity contribution in [3.05, 3.63) is 45.4 Å². The molecule has 1 atom stereocenters. The van der Waals surface area contributed by atoms with E-state index in [2.05, 4.69) is 5.32 Å². The molecule has 0 saturated carbocycles. The van der Waals surface area contributed by atoms with Crippen molar-refractivity contribution in [3.8, 4) is 0 Å². The molecule has 24 heavy (non-hydrogen) atoms. The Morgan fingerprint density at radius 3 is 2.79 bits per heavy atom. The van der Waals surface area contributed by atoms with Gasteiger partial charge in [-0.25, -0.2) is 12.8 Å². The minimum Gasteiger partial charge on any atom is -0.348 e. The lowest BCUT2D eigenvalue weighted by atomic mass is 10.2. The molecule has 126 valence electrons. The van der Waals surface area contributed by atoms with Gasteiger partial charge < -0.3 is 5.32 Å². The summed E-state index contributed by atoms with van der Waals surface area (Å²) < 4.78 is 39.5. The molecular weight excluding hydrogens is 395 g/mol. The van der Waals surface area contributed by atoms with Crippen LogP contribution < -0.4 is 9.62 Å². The van der Waals surface area contributed by atoms with Gasteiger partial charge in [0, 0.05) is 12.7 Å². The van der Waals surface area contributed by atoms with Crippen LogP contribution in [0.1, 0.15) is 9.67 Å². The zero-order chi connectivity index (χ0) is 17.6. The summed E-state index contributed by atoms with van der Waals surface area (Å²) in [5.41, 5.74) is 0.642. The maximum Gasteiger partial charge on any atom is 0.252 e. The van der Waals surface area contributed by atoms with Crippen molar-refractivity contribution in [3.63, 3.8) is 0 Å². The molecule has 1 aliphatic rings. The molecule has 1 aromatic heterocycles. The Morgan fingerprint density at radius 1 is 1.42 bits per heavy atom. The summed E-state index contributed by atoms with van der Waals surface area (Å²) in [4.78, 5) is 12.7. The maximum atomic E-state index is 13.2. The van der Waals surface area contributed by atoms with Gasteiger partial charge in [0.2, 0.25) is 5.78 Å². The monoisotopic (exact) mass is 404 g/mol. The third-order valence-electron chi connectivity index (χ3n) is 3.55. The first-order chi connectivity index (χ1) is 11.2. The van der Waals surface area contributed by atoms with E-state index >= 15 is 0 Å². The lowest BCUT2D eigenvalue weighted by Gasteiger charge is -2.30. The van der Waals surface area contributed by atoms with E-state index in [4.69, 9.17) is 23.8 Å². The molecule has 1 unspecified atom stereocenters. The fourth-order valence-electron chi connectivity index (χ4n) is 2.32. The number of thiocarbonyl (C=S) groups is 1. The predicted octanol–water partition coefficient (Wildman–Crippen LogP) is 3.31. The molecule has 1 aliphatic heterocycles. The third kappa shape index (κ3) is 2.71. The molecule has 0 spiro atoms. The van der Waals surface area contributed by atoms with Gasteiger partial charge in [0.1, 0.15) is 10.8 Å². The number of halogens is 2. The van der Waals surface area contributed by atoms with Gasteiger partial charge >= 0.3 is 0 Å². The zero-order valence-corrected chi connectivity index (χ0v) is 15.3. The molecule has 2 aromatic rings. The standard InChI is InChI=1S/C14H10ClFN2O3S3/c1-18-10-4-5-23-12(10)11(19)13(24(18,20)21)14(22)17-7-2-3-9(16)8(15)6-7/h2-6,13H,1H3,(H,17,22). The van der Waals surface area contributed by atoms with Crippen LogP contribution in [0.4, 0.5) is 15.8 Å². The molecule has 2 heterocycles. The van der Waals surface area contributed by atoms with Gasteiger partial charge in [-0.05, 0) is 29.6 Å². The van der Waals surface area contributed by atoms with Crippen LogP contribution in [0.5, 0.6) is 0 Å². The van der Waals surface area contributed by atoms with Gasteiger partial charge in [0.25, 0.3) is 10.0 Å². The molecule has 0 bridgehead atoms. The Morgan fingerprint density at radius 2 is 2.12 bits per heavy atom. The molecular formula is C14H10ClFN2O3S3. The lowest BCUT2D eigenvalue weighted by Crippen LogP contribution is -2.50. The maximum absolute atomic E-state index is 13.2. The van der Waals surface area contributed by atoms with Gasteiger partial charge in [0.05, 0.1) is 15.6 Å². The largest absolute Gasteiger partial charge is 0.348 e. The third-order valence-corrected chi connectivity index (χ3v) is 7.25. The van der Waals surface area contributed by atoms with Gasteiger partial charge in [0.15, 0.2) is 5.25 Å². The second-order valence-electron chi connectivity index (χ2n) is 5.01. The molecule has 0 radical (unpaired) electrons.